The highest BCUT2D eigenvalue weighted by molar-refractivity contribution is 5.57. The van der Waals surface area contributed by atoms with Crippen LogP contribution < -0.4 is 10.6 Å². The molecule has 0 unspecified atom stereocenters. The average molecular weight is 276 g/mol. The van der Waals surface area contributed by atoms with E-state index in [9.17, 15) is 0 Å². The van der Waals surface area contributed by atoms with Gasteiger partial charge in [-0.3, -0.25) is 0 Å². The second kappa shape index (κ2) is 6.42. The van der Waals surface area contributed by atoms with E-state index in [1.807, 2.05) is 0 Å². The lowest BCUT2D eigenvalue weighted by molar-refractivity contribution is 0.608. The maximum Gasteiger partial charge on any atom is 0.134 e. The van der Waals surface area contributed by atoms with Crippen molar-refractivity contribution in [3.05, 3.63) is 11.4 Å². The lowest BCUT2D eigenvalue weighted by Crippen LogP contribution is -2.16. The molecule has 0 spiro atoms. The standard InChI is InChI=1S/C16H28N4/c1-5-7-13-19-14(17-10-6-2)12(3)15(20-13)18-11-16(4)8-9-16/h5-11H2,1-4H3,(H2,17,18,19,20). The van der Waals surface area contributed by atoms with Gasteiger partial charge in [-0.15, -0.1) is 0 Å². The van der Waals surface area contributed by atoms with Crippen LogP contribution in [0.5, 0.6) is 0 Å². The van der Waals surface area contributed by atoms with Crippen LogP contribution in [0.3, 0.4) is 0 Å². The third-order valence-electron chi connectivity index (χ3n) is 3.99. The van der Waals surface area contributed by atoms with Gasteiger partial charge < -0.3 is 10.6 Å². The van der Waals surface area contributed by atoms with Gasteiger partial charge in [0.25, 0.3) is 0 Å². The Balaban J connectivity index is 2.15. The first-order valence-corrected chi connectivity index (χ1v) is 7.93. The first-order chi connectivity index (χ1) is 9.58. The molecule has 2 N–H and O–H groups in total. The van der Waals surface area contributed by atoms with Crippen LogP contribution in [0.15, 0.2) is 0 Å². The predicted molar refractivity (Wildman–Crippen MR) is 85.4 cm³/mol. The molecule has 1 heterocycles. The molecule has 1 aliphatic carbocycles. The zero-order valence-electron chi connectivity index (χ0n) is 13.3. The minimum Gasteiger partial charge on any atom is -0.370 e. The van der Waals surface area contributed by atoms with Crippen molar-refractivity contribution in [1.29, 1.82) is 0 Å². The first kappa shape index (κ1) is 15.1. The molecule has 4 heteroatoms. The van der Waals surface area contributed by atoms with Gasteiger partial charge in [-0.1, -0.05) is 20.8 Å². The van der Waals surface area contributed by atoms with E-state index in [1.165, 1.54) is 12.8 Å². The number of aromatic nitrogens is 2. The molecule has 4 nitrogen and oxygen atoms in total. The van der Waals surface area contributed by atoms with Gasteiger partial charge in [0.1, 0.15) is 17.5 Å². The maximum atomic E-state index is 4.70. The Hall–Kier alpha value is -1.32. The summed E-state index contributed by atoms with van der Waals surface area (Å²) < 4.78 is 0. The molecular formula is C16H28N4. The van der Waals surface area contributed by atoms with Crippen LogP contribution in [0.4, 0.5) is 11.6 Å². The van der Waals surface area contributed by atoms with Crippen LogP contribution >= 0.6 is 0 Å². The number of aryl methyl sites for hydroxylation is 1. The number of anilines is 2. The van der Waals surface area contributed by atoms with Crippen LogP contribution in [0.1, 0.15) is 57.8 Å². The number of hydrogen-bond donors (Lipinski definition) is 2. The first-order valence-electron chi connectivity index (χ1n) is 7.93. The Morgan fingerprint density at radius 3 is 2.25 bits per heavy atom. The Bertz CT molecular complexity index is 452. The lowest BCUT2D eigenvalue weighted by Gasteiger charge is -2.16. The SMILES string of the molecule is CCCNc1nc(CCC)nc(NCC2(C)CC2)c1C. The van der Waals surface area contributed by atoms with Crippen LogP contribution in [0.25, 0.3) is 0 Å². The highest BCUT2D eigenvalue weighted by atomic mass is 15.1. The second-order valence-electron chi connectivity index (χ2n) is 6.30. The predicted octanol–water partition coefficient (Wildman–Crippen LogP) is 3.77. The van der Waals surface area contributed by atoms with Crippen molar-refractivity contribution in [2.75, 3.05) is 23.7 Å². The number of nitrogens with zero attached hydrogens (tertiary/aromatic N) is 2. The van der Waals surface area contributed by atoms with E-state index in [1.54, 1.807) is 0 Å². The van der Waals surface area contributed by atoms with Gasteiger partial charge in [-0.05, 0) is 38.0 Å². The highest BCUT2D eigenvalue weighted by Gasteiger charge is 2.37. The molecule has 0 bridgehead atoms. The van der Waals surface area contributed by atoms with Gasteiger partial charge in [0.2, 0.25) is 0 Å². The third-order valence-corrected chi connectivity index (χ3v) is 3.99. The molecule has 0 atom stereocenters. The molecule has 0 amide bonds. The summed E-state index contributed by atoms with van der Waals surface area (Å²) in [7, 11) is 0. The molecule has 20 heavy (non-hydrogen) atoms. The minimum atomic E-state index is 0.485. The summed E-state index contributed by atoms with van der Waals surface area (Å²) in [6, 6.07) is 0. The summed E-state index contributed by atoms with van der Waals surface area (Å²) in [5.74, 6) is 2.95. The molecule has 0 radical (unpaired) electrons. The quantitative estimate of drug-likeness (QED) is 0.759. The van der Waals surface area contributed by atoms with Crippen molar-refractivity contribution in [3.63, 3.8) is 0 Å². The van der Waals surface area contributed by atoms with Gasteiger partial charge in [-0.2, -0.15) is 0 Å². The summed E-state index contributed by atoms with van der Waals surface area (Å²) in [5, 5.41) is 6.96. The van der Waals surface area contributed by atoms with E-state index in [-0.39, 0.29) is 0 Å². The van der Waals surface area contributed by atoms with E-state index < -0.39 is 0 Å². The van der Waals surface area contributed by atoms with E-state index in [4.69, 9.17) is 4.98 Å². The molecule has 2 rings (SSSR count). The van der Waals surface area contributed by atoms with Crippen LogP contribution in [-0.4, -0.2) is 23.1 Å². The zero-order chi connectivity index (χ0) is 14.6. The van der Waals surface area contributed by atoms with Crippen molar-refractivity contribution in [2.24, 2.45) is 5.41 Å². The number of rotatable bonds is 8. The zero-order valence-corrected chi connectivity index (χ0v) is 13.3. The van der Waals surface area contributed by atoms with Gasteiger partial charge >= 0.3 is 0 Å². The largest absolute Gasteiger partial charge is 0.370 e. The maximum absolute atomic E-state index is 4.70. The molecule has 1 fully saturated rings. The Kier molecular flexibility index (Phi) is 4.84. The Morgan fingerprint density at radius 1 is 1.05 bits per heavy atom. The van der Waals surface area contributed by atoms with Crippen molar-refractivity contribution in [3.8, 4) is 0 Å². The number of nitrogens with one attached hydrogen (secondary N) is 2. The molecule has 0 aliphatic heterocycles. The molecule has 1 aromatic rings. The fraction of sp³-hybridized carbons (Fsp3) is 0.750. The van der Waals surface area contributed by atoms with E-state index in [2.05, 4.69) is 43.3 Å². The second-order valence-corrected chi connectivity index (χ2v) is 6.30. The van der Waals surface area contributed by atoms with Crippen molar-refractivity contribution >= 4 is 11.6 Å². The fourth-order valence-corrected chi connectivity index (χ4v) is 2.17. The fourth-order valence-electron chi connectivity index (χ4n) is 2.17. The Morgan fingerprint density at radius 2 is 1.70 bits per heavy atom. The summed E-state index contributed by atoms with van der Waals surface area (Å²) in [6.07, 6.45) is 5.77. The topological polar surface area (TPSA) is 49.8 Å². The van der Waals surface area contributed by atoms with Crippen molar-refractivity contribution < 1.29 is 0 Å². The lowest BCUT2D eigenvalue weighted by atomic mass is 10.1. The van der Waals surface area contributed by atoms with Gasteiger partial charge in [0.05, 0.1) is 0 Å². The smallest absolute Gasteiger partial charge is 0.134 e. The molecule has 0 aromatic carbocycles. The van der Waals surface area contributed by atoms with Gasteiger partial charge in [0.15, 0.2) is 0 Å². The summed E-state index contributed by atoms with van der Waals surface area (Å²) in [6.45, 7) is 10.7. The van der Waals surface area contributed by atoms with E-state index >= 15 is 0 Å². The molecule has 0 saturated heterocycles. The summed E-state index contributed by atoms with van der Waals surface area (Å²) >= 11 is 0. The highest BCUT2D eigenvalue weighted by Crippen LogP contribution is 2.44. The van der Waals surface area contributed by atoms with Gasteiger partial charge in [0, 0.05) is 25.1 Å². The molecule has 1 saturated carbocycles. The molecular weight excluding hydrogens is 248 g/mol. The third kappa shape index (κ3) is 3.84. The Labute approximate surface area is 122 Å². The molecule has 1 aromatic heterocycles. The average Bonchev–Trinajstić information content (AvgIpc) is 3.16. The monoisotopic (exact) mass is 276 g/mol. The van der Waals surface area contributed by atoms with Crippen molar-refractivity contribution in [1.82, 2.24) is 9.97 Å². The van der Waals surface area contributed by atoms with Crippen LogP contribution in [0, 0.1) is 12.3 Å². The molecule has 1 aliphatic rings. The summed E-state index contributed by atoms with van der Waals surface area (Å²) in [4.78, 5) is 9.36. The van der Waals surface area contributed by atoms with Crippen molar-refractivity contribution in [2.45, 2.75) is 59.8 Å². The van der Waals surface area contributed by atoms with E-state index in [0.29, 0.717) is 5.41 Å². The minimum absolute atomic E-state index is 0.485. The normalized spacial score (nSPS) is 16.0. The summed E-state index contributed by atoms with van der Waals surface area (Å²) in [5.41, 5.74) is 1.63. The number of hydrogen-bond acceptors (Lipinski definition) is 4. The van der Waals surface area contributed by atoms with Crippen LogP contribution in [0.2, 0.25) is 0 Å². The van der Waals surface area contributed by atoms with Crippen LogP contribution in [-0.2, 0) is 6.42 Å². The van der Waals surface area contributed by atoms with Gasteiger partial charge in [-0.25, -0.2) is 9.97 Å². The molecule has 112 valence electrons. The van der Waals surface area contributed by atoms with E-state index in [0.717, 1.165) is 55.4 Å².